The molecule has 0 aliphatic carbocycles. The maximum atomic E-state index is 11.7. The van der Waals surface area contributed by atoms with E-state index >= 15 is 0 Å². The highest BCUT2D eigenvalue weighted by molar-refractivity contribution is 5.76. The standard InChI is InChI=1S/C12H21N3O/c1-9(2)10(3)14-12(16)8-15-5-4-11(6-13)7-15/h4-5,7,9-10H,6,8,13H2,1-3H3,(H,14,16). The van der Waals surface area contributed by atoms with Crippen LogP contribution < -0.4 is 11.1 Å². The fourth-order valence-corrected chi connectivity index (χ4v) is 1.34. The van der Waals surface area contributed by atoms with E-state index in [4.69, 9.17) is 5.73 Å². The van der Waals surface area contributed by atoms with Crippen molar-refractivity contribution in [1.29, 1.82) is 0 Å². The van der Waals surface area contributed by atoms with Crippen LogP contribution in [0.25, 0.3) is 0 Å². The second-order valence-electron chi connectivity index (χ2n) is 4.50. The third-order valence-corrected chi connectivity index (χ3v) is 2.76. The summed E-state index contributed by atoms with van der Waals surface area (Å²) in [6, 6.07) is 2.14. The number of nitrogens with one attached hydrogen (secondary N) is 1. The summed E-state index contributed by atoms with van der Waals surface area (Å²) in [6.45, 7) is 7.07. The van der Waals surface area contributed by atoms with E-state index in [2.05, 4.69) is 19.2 Å². The first-order valence-electron chi connectivity index (χ1n) is 5.67. The molecule has 1 amide bonds. The number of carbonyl (C=O) groups is 1. The average Bonchev–Trinajstić information content (AvgIpc) is 2.65. The molecule has 0 fully saturated rings. The van der Waals surface area contributed by atoms with Crippen LogP contribution in [0.1, 0.15) is 26.3 Å². The topological polar surface area (TPSA) is 60.0 Å². The van der Waals surface area contributed by atoms with Crippen LogP contribution in [0.15, 0.2) is 18.5 Å². The normalized spacial score (nSPS) is 12.8. The summed E-state index contributed by atoms with van der Waals surface area (Å²) >= 11 is 0. The minimum atomic E-state index is 0.0420. The second-order valence-corrected chi connectivity index (χ2v) is 4.50. The molecule has 0 spiro atoms. The SMILES string of the molecule is CC(C)C(C)NC(=O)Cn1ccc(CN)c1. The van der Waals surface area contributed by atoms with Gasteiger partial charge >= 0.3 is 0 Å². The van der Waals surface area contributed by atoms with Crippen molar-refractivity contribution < 1.29 is 4.79 Å². The van der Waals surface area contributed by atoms with E-state index in [0.717, 1.165) is 5.56 Å². The molecule has 0 radical (unpaired) electrons. The molecule has 16 heavy (non-hydrogen) atoms. The number of hydrogen-bond acceptors (Lipinski definition) is 2. The Balaban J connectivity index is 2.45. The van der Waals surface area contributed by atoms with Gasteiger partial charge in [0, 0.05) is 25.0 Å². The molecule has 1 atom stereocenters. The number of amides is 1. The van der Waals surface area contributed by atoms with E-state index in [0.29, 0.717) is 19.0 Å². The Morgan fingerprint density at radius 2 is 2.19 bits per heavy atom. The van der Waals surface area contributed by atoms with Crippen molar-refractivity contribution in [3.8, 4) is 0 Å². The Kier molecular flexibility index (Phi) is 4.55. The number of aromatic nitrogens is 1. The van der Waals surface area contributed by atoms with Crippen LogP contribution in [0, 0.1) is 5.92 Å². The molecule has 1 heterocycles. The van der Waals surface area contributed by atoms with Crippen molar-refractivity contribution in [2.24, 2.45) is 11.7 Å². The smallest absolute Gasteiger partial charge is 0.240 e. The lowest BCUT2D eigenvalue weighted by molar-refractivity contribution is -0.122. The Labute approximate surface area is 96.8 Å². The minimum Gasteiger partial charge on any atom is -0.352 e. The molecule has 3 N–H and O–H groups in total. The van der Waals surface area contributed by atoms with Crippen molar-refractivity contribution in [1.82, 2.24) is 9.88 Å². The predicted octanol–water partition coefficient (Wildman–Crippen LogP) is 1.11. The molecule has 1 aromatic heterocycles. The van der Waals surface area contributed by atoms with Gasteiger partial charge in [-0.25, -0.2) is 0 Å². The van der Waals surface area contributed by atoms with Crippen molar-refractivity contribution in [3.05, 3.63) is 24.0 Å². The molecular weight excluding hydrogens is 202 g/mol. The summed E-state index contributed by atoms with van der Waals surface area (Å²) in [5.41, 5.74) is 6.55. The molecule has 90 valence electrons. The Morgan fingerprint density at radius 1 is 1.50 bits per heavy atom. The minimum absolute atomic E-state index is 0.0420. The molecule has 0 aliphatic rings. The van der Waals surface area contributed by atoms with Gasteiger partial charge in [-0.2, -0.15) is 0 Å². The van der Waals surface area contributed by atoms with E-state index in [-0.39, 0.29) is 11.9 Å². The Morgan fingerprint density at radius 3 is 2.69 bits per heavy atom. The van der Waals surface area contributed by atoms with E-state index in [1.54, 1.807) is 0 Å². The van der Waals surface area contributed by atoms with E-state index in [1.165, 1.54) is 0 Å². The van der Waals surface area contributed by atoms with E-state index in [9.17, 15) is 4.79 Å². The lowest BCUT2D eigenvalue weighted by atomic mass is 10.1. The molecule has 0 aliphatic heterocycles. The maximum absolute atomic E-state index is 11.7. The number of nitrogens with zero attached hydrogens (tertiary/aromatic N) is 1. The fourth-order valence-electron chi connectivity index (χ4n) is 1.34. The average molecular weight is 223 g/mol. The quantitative estimate of drug-likeness (QED) is 0.785. The van der Waals surface area contributed by atoms with Crippen molar-refractivity contribution in [3.63, 3.8) is 0 Å². The molecule has 0 aromatic carbocycles. The van der Waals surface area contributed by atoms with Gasteiger partial charge in [-0.3, -0.25) is 4.79 Å². The van der Waals surface area contributed by atoms with Crippen LogP contribution in [-0.4, -0.2) is 16.5 Å². The van der Waals surface area contributed by atoms with Gasteiger partial charge < -0.3 is 15.6 Å². The summed E-state index contributed by atoms with van der Waals surface area (Å²) in [5, 5.41) is 2.96. The highest BCUT2D eigenvalue weighted by atomic mass is 16.2. The van der Waals surface area contributed by atoms with Crippen LogP contribution in [-0.2, 0) is 17.9 Å². The first kappa shape index (κ1) is 12.8. The molecule has 1 unspecified atom stereocenters. The summed E-state index contributed by atoms with van der Waals surface area (Å²) in [4.78, 5) is 11.7. The number of hydrogen-bond donors (Lipinski definition) is 2. The van der Waals surface area contributed by atoms with Gasteiger partial charge in [0.2, 0.25) is 5.91 Å². The van der Waals surface area contributed by atoms with Crippen LogP contribution in [0.2, 0.25) is 0 Å². The van der Waals surface area contributed by atoms with Crippen LogP contribution in [0.4, 0.5) is 0 Å². The third-order valence-electron chi connectivity index (χ3n) is 2.76. The van der Waals surface area contributed by atoms with E-state index < -0.39 is 0 Å². The number of carbonyl (C=O) groups excluding carboxylic acids is 1. The van der Waals surface area contributed by atoms with Gasteiger partial charge in [0.1, 0.15) is 6.54 Å². The summed E-state index contributed by atoms with van der Waals surface area (Å²) in [5.74, 6) is 0.494. The van der Waals surface area contributed by atoms with Crippen molar-refractivity contribution in [2.75, 3.05) is 0 Å². The van der Waals surface area contributed by atoms with Gasteiger partial charge in [-0.05, 0) is 24.5 Å². The fraction of sp³-hybridized carbons (Fsp3) is 0.583. The molecule has 4 heteroatoms. The van der Waals surface area contributed by atoms with Gasteiger partial charge in [0.25, 0.3) is 0 Å². The zero-order chi connectivity index (χ0) is 12.1. The lowest BCUT2D eigenvalue weighted by Gasteiger charge is -2.17. The van der Waals surface area contributed by atoms with Crippen molar-refractivity contribution >= 4 is 5.91 Å². The monoisotopic (exact) mass is 223 g/mol. The third kappa shape index (κ3) is 3.70. The highest BCUT2D eigenvalue weighted by Crippen LogP contribution is 2.02. The zero-order valence-corrected chi connectivity index (χ0v) is 10.2. The largest absolute Gasteiger partial charge is 0.352 e. The highest BCUT2D eigenvalue weighted by Gasteiger charge is 2.10. The van der Waals surface area contributed by atoms with Crippen LogP contribution in [0.3, 0.4) is 0 Å². The lowest BCUT2D eigenvalue weighted by Crippen LogP contribution is -2.37. The molecule has 1 aromatic rings. The molecule has 0 saturated carbocycles. The molecule has 1 rings (SSSR count). The van der Waals surface area contributed by atoms with E-state index in [1.807, 2.05) is 30.0 Å². The Hall–Kier alpha value is -1.29. The molecule has 0 saturated heterocycles. The molecule has 4 nitrogen and oxygen atoms in total. The first-order chi connectivity index (χ1) is 7.52. The zero-order valence-electron chi connectivity index (χ0n) is 10.2. The summed E-state index contributed by atoms with van der Waals surface area (Å²) in [6.07, 6.45) is 3.78. The predicted molar refractivity (Wildman–Crippen MR) is 64.8 cm³/mol. The van der Waals surface area contributed by atoms with Crippen LogP contribution >= 0.6 is 0 Å². The molecule has 0 bridgehead atoms. The van der Waals surface area contributed by atoms with Crippen LogP contribution in [0.5, 0.6) is 0 Å². The van der Waals surface area contributed by atoms with Crippen molar-refractivity contribution in [2.45, 2.75) is 39.9 Å². The van der Waals surface area contributed by atoms with Gasteiger partial charge in [-0.1, -0.05) is 13.8 Å². The van der Waals surface area contributed by atoms with Gasteiger partial charge in [-0.15, -0.1) is 0 Å². The Bertz CT molecular complexity index is 344. The number of rotatable bonds is 5. The van der Waals surface area contributed by atoms with Gasteiger partial charge in [0.05, 0.1) is 0 Å². The number of nitrogens with two attached hydrogens (primary N) is 1. The molecular formula is C12H21N3O. The summed E-state index contributed by atoms with van der Waals surface area (Å²) in [7, 11) is 0. The summed E-state index contributed by atoms with van der Waals surface area (Å²) < 4.78 is 1.85. The van der Waals surface area contributed by atoms with Gasteiger partial charge in [0.15, 0.2) is 0 Å². The second kappa shape index (κ2) is 5.70. The maximum Gasteiger partial charge on any atom is 0.240 e. The first-order valence-corrected chi connectivity index (χ1v) is 5.67.